The van der Waals surface area contributed by atoms with Crippen molar-refractivity contribution in [1.82, 2.24) is 14.7 Å². The highest BCUT2D eigenvalue weighted by Crippen LogP contribution is 2.33. The van der Waals surface area contributed by atoms with Gasteiger partial charge in [-0.15, -0.1) is 0 Å². The minimum absolute atomic E-state index is 0.00546. The van der Waals surface area contributed by atoms with Crippen molar-refractivity contribution in [2.45, 2.75) is 6.92 Å². The molecule has 0 aromatic carbocycles. The van der Waals surface area contributed by atoms with Gasteiger partial charge in [0.05, 0.1) is 12.3 Å². The van der Waals surface area contributed by atoms with Crippen LogP contribution in [0.3, 0.4) is 0 Å². The van der Waals surface area contributed by atoms with Crippen LogP contribution in [0.4, 0.5) is 0 Å². The first kappa shape index (κ1) is 15.2. The van der Waals surface area contributed by atoms with Gasteiger partial charge < -0.3 is 14.7 Å². The van der Waals surface area contributed by atoms with Gasteiger partial charge in [0, 0.05) is 45.3 Å². The molecule has 0 radical (unpaired) electrons. The Kier molecular flexibility index (Phi) is 4.27. The van der Waals surface area contributed by atoms with Crippen molar-refractivity contribution in [3.8, 4) is 0 Å². The van der Waals surface area contributed by atoms with Crippen LogP contribution in [-0.4, -0.2) is 72.1 Å². The quantitative estimate of drug-likeness (QED) is 0.412. The number of carbonyl (C=O) groups is 2. The molecular formula is C14H18N3O4P. The number of rotatable bonds is 5. The highest BCUT2D eigenvalue weighted by atomic mass is 31.1. The van der Waals surface area contributed by atoms with Crippen molar-refractivity contribution in [3.05, 3.63) is 23.2 Å². The van der Waals surface area contributed by atoms with Crippen LogP contribution in [0.15, 0.2) is 23.2 Å². The maximum Gasteiger partial charge on any atom is 0.327 e. The summed E-state index contributed by atoms with van der Waals surface area (Å²) in [6.07, 6.45) is 1.52. The Balaban J connectivity index is 0.000000254. The molecular weight excluding hydrogens is 305 g/mol. The number of hydrogen-bond acceptors (Lipinski definition) is 7. The fourth-order valence-corrected chi connectivity index (χ4v) is 2.43. The molecule has 0 amide bonds. The zero-order valence-electron chi connectivity index (χ0n) is 12.4. The van der Waals surface area contributed by atoms with Crippen molar-refractivity contribution in [3.63, 3.8) is 0 Å². The Hall–Kier alpha value is -1.72. The Labute approximate surface area is 130 Å². The van der Waals surface area contributed by atoms with Crippen LogP contribution in [0.25, 0.3) is 0 Å². The maximum absolute atomic E-state index is 12.4. The molecule has 0 aromatic heterocycles. The largest absolute Gasteiger partial charge is 0.365 e. The average Bonchev–Trinajstić information content (AvgIpc) is 3.37. The number of nitrogens with zero attached hydrogens (tertiary/aromatic N) is 3. The molecule has 7 nitrogen and oxygen atoms in total. The van der Waals surface area contributed by atoms with E-state index in [1.54, 1.807) is 6.92 Å². The summed E-state index contributed by atoms with van der Waals surface area (Å²) < 4.78 is 13.5. The number of allylic oxidation sites excluding steroid dienone is 1. The summed E-state index contributed by atoms with van der Waals surface area (Å²) in [7, 11) is -0.220. The van der Waals surface area contributed by atoms with E-state index in [-0.39, 0.29) is 20.3 Å². The second kappa shape index (κ2) is 6.18. The number of Topliss-reactive ketones (excluding diaryl/α,β-unsaturated/α-hetero) is 1. The van der Waals surface area contributed by atoms with Gasteiger partial charge in [-0.25, -0.2) is 4.57 Å². The van der Waals surface area contributed by atoms with Gasteiger partial charge in [-0.3, -0.25) is 14.1 Å². The molecule has 4 rings (SSSR count). The molecule has 0 N–H and O–H groups in total. The third-order valence-electron chi connectivity index (χ3n) is 3.67. The second-order valence-corrected chi connectivity index (χ2v) is 5.78. The van der Waals surface area contributed by atoms with E-state index in [0.29, 0.717) is 23.7 Å². The van der Waals surface area contributed by atoms with Gasteiger partial charge in [-0.2, -0.15) is 0 Å². The number of ketones is 2. The molecule has 22 heavy (non-hydrogen) atoms. The van der Waals surface area contributed by atoms with Gasteiger partial charge in [0.1, 0.15) is 11.4 Å². The smallest absolute Gasteiger partial charge is 0.327 e. The highest BCUT2D eigenvalue weighted by molar-refractivity contribution is 7.17. The third-order valence-corrected chi connectivity index (χ3v) is 4.03. The van der Waals surface area contributed by atoms with Crippen molar-refractivity contribution in [2.75, 3.05) is 45.9 Å². The normalized spacial score (nSPS) is 22.6. The van der Waals surface area contributed by atoms with E-state index in [1.807, 2.05) is 14.7 Å². The first-order valence-electron chi connectivity index (χ1n) is 7.41. The first-order chi connectivity index (χ1) is 10.7. The van der Waals surface area contributed by atoms with Crippen LogP contribution in [-0.2, 0) is 18.7 Å². The van der Waals surface area contributed by atoms with Crippen LogP contribution < -0.4 is 0 Å². The lowest BCUT2D eigenvalue weighted by atomic mass is 10.0. The van der Waals surface area contributed by atoms with E-state index in [1.165, 1.54) is 6.08 Å². The zero-order valence-corrected chi connectivity index (χ0v) is 13.3. The SMILES string of the molecule is CCOP=O.O=C1C=C(N2CC2)C(=O)C(N2CC2)=C1N1CC1. The third kappa shape index (κ3) is 3.20. The molecule has 3 saturated heterocycles. The van der Waals surface area contributed by atoms with Gasteiger partial charge in [0.2, 0.25) is 11.6 Å². The standard InChI is InChI=1S/C12H13N3O2.C2H5O2P/c16-9-7-8(13-1-2-13)12(17)11(15-5-6-15)10(9)14-3-4-14;1-2-4-5-3/h7H,1-6H2;2H2,1H3. The van der Waals surface area contributed by atoms with Crippen molar-refractivity contribution < 1.29 is 18.7 Å². The summed E-state index contributed by atoms with van der Waals surface area (Å²) in [4.78, 5) is 30.5. The minimum atomic E-state index is -0.220. The summed E-state index contributed by atoms with van der Waals surface area (Å²) in [5.41, 5.74) is 1.89. The summed E-state index contributed by atoms with van der Waals surface area (Å²) in [6.45, 7) is 7.71. The molecule has 118 valence electrons. The Bertz CT molecular complexity index is 575. The van der Waals surface area contributed by atoms with Gasteiger partial charge in [0.15, 0.2) is 0 Å². The number of hydrogen-bond donors (Lipinski definition) is 0. The Morgan fingerprint density at radius 3 is 1.95 bits per heavy atom. The number of carbonyl (C=O) groups excluding carboxylic acids is 2. The average molecular weight is 323 g/mol. The van der Waals surface area contributed by atoms with Crippen LogP contribution in [0, 0.1) is 0 Å². The topological polar surface area (TPSA) is 69.5 Å². The van der Waals surface area contributed by atoms with E-state index >= 15 is 0 Å². The molecule has 8 heteroatoms. The van der Waals surface area contributed by atoms with Crippen LogP contribution in [0.2, 0.25) is 0 Å². The second-order valence-electron chi connectivity index (χ2n) is 5.37. The Morgan fingerprint density at radius 1 is 1.00 bits per heavy atom. The lowest BCUT2D eigenvalue weighted by Gasteiger charge is -2.21. The van der Waals surface area contributed by atoms with Crippen LogP contribution >= 0.6 is 8.69 Å². The summed E-state index contributed by atoms with van der Waals surface area (Å²) >= 11 is 0. The van der Waals surface area contributed by atoms with Crippen molar-refractivity contribution >= 4 is 20.3 Å². The molecule has 3 aliphatic heterocycles. The van der Waals surface area contributed by atoms with E-state index in [9.17, 15) is 14.2 Å². The fraction of sp³-hybridized carbons (Fsp3) is 0.571. The lowest BCUT2D eigenvalue weighted by molar-refractivity contribution is -0.117. The van der Waals surface area contributed by atoms with Gasteiger partial charge in [0.25, 0.3) is 0 Å². The summed E-state index contributed by atoms with van der Waals surface area (Å²) in [6, 6.07) is 0. The molecule has 0 aromatic rings. The molecule has 0 spiro atoms. The molecule has 0 bridgehead atoms. The predicted octanol–water partition coefficient (Wildman–Crippen LogP) is 0.410. The van der Waals surface area contributed by atoms with Crippen LogP contribution in [0.5, 0.6) is 0 Å². The fourth-order valence-electron chi connectivity index (χ4n) is 2.33. The van der Waals surface area contributed by atoms with E-state index in [2.05, 4.69) is 4.52 Å². The van der Waals surface area contributed by atoms with Crippen molar-refractivity contribution in [2.24, 2.45) is 0 Å². The zero-order chi connectivity index (χ0) is 15.7. The first-order valence-corrected chi connectivity index (χ1v) is 8.15. The molecule has 0 saturated carbocycles. The summed E-state index contributed by atoms with van der Waals surface area (Å²) in [5, 5.41) is 0. The Morgan fingerprint density at radius 2 is 1.55 bits per heavy atom. The van der Waals surface area contributed by atoms with E-state index < -0.39 is 0 Å². The van der Waals surface area contributed by atoms with Crippen molar-refractivity contribution in [1.29, 1.82) is 0 Å². The predicted molar refractivity (Wildman–Crippen MR) is 79.1 cm³/mol. The minimum Gasteiger partial charge on any atom is -0.365 e. The van der Waals surface area contributed by atoms with Gasteiger partial charge in [-0.1, -0.05) is 0 Å². The summed E-state index contributed by atoms with van der Waals surface area (Å²) in [5.74, 6) is 0.0485. The lowest BCUT2D eigenvalue weighted by Crippen LogP contribution is -2.29. The molecule has 3 heterocycles. The van der Waals surface area contributed by atoms with E-state index in [4.69, 9.17) is 0 Å². The van der Waals surface area contributed by atoms with Gasteiger partial charge >= 0.3 is 8.69 Å². The molecule has 4 aliphatic rings. The molecule has 0 unspecified atom stereocenters. The highest BCUT2D eigenvalue weighted by Gasteiger charge is 2.43. The molecule has 3 fully saturated rings. The molecule has 1 aliphatic carbocycles. The monoisotopic (exact) mass is 323 g/mol. The van der Waals surface area contributed by atoms with E-state index in [0.717, 1.165) is 39.3 Å². The molecule has 0 atom stereocenters. The van der Waals surface area contributed by atoms with Gasteiger partial charge in [-0.05, 0) is 6.92 Å². The maximum atomic E-state index is 12.4. The van der Waals surface area contributed by atoms with Crippen LogP contribution in [0.1, 0.15) is 6.92 Å².